The highest BCUT2D eigenvalue weighted by Crippen LogP contribution is 2.33. The van der Waals surface area contributed by atoms with E-state index in [0.717, 1.165) is 12.8 Å². The van der Waals surface area contributed by atoms with Gasteiger partial charge in [0.25, 0.3) is 5.91 Å². The van der Waals surface area contributed by atoms with Crippen LogP contribution >= 0.6 is 0 Å². The van der Waals surface area contributed by atoms with Crippen LogP contribution in [-0.2, 0) is 0 Å². The lowest BCUT2D eigenvalue weighted by molar-refractivity contribution is 0.0692. The number of carbonyl (C=O) groups is 1. The molecule has 1 amide bonds. The van der Waals surface area contributed by atoms with E-state index in [0.29, 0.717) is 18.8 Å². The van der Waals surface area contributed by atoms with Crippen molar-refractivity contribution in [1.82, 2.24) is 5.32 Å². The molecule has 5 heteroatoms. The van der Waals surface area contributed by atoms with Gasteiger partial charge in [0.2, 0.25) is 0 Å². The van der Waals surface area contributed by atoms with Gasteiger partial charge in [-0.15, -0.1) is 0 Å². The minimum atomic E-state index is -0.663. The molecule has 1 aromatic carbocycles. The number of amides is 1. The Bertz CT molecular complexity index is 482. The van der Waals surface area contributed by atoms with Crippen molar-refractivity contribution in [3.8, 4) is 11.5 Å². The standard InChI is InChI=1S/C15H21NO4/c1-10-4-3-7-15(8-10,9-17)16-14(20)13-11(18)5-2-6-12(13)19/h2,5-6,10,17-19H,3-4,7-9H2,1H3,(H,16,20). The number of aliphatic hydroxyl groups excluding tert-OH is 1. The summed E-state index contributed by atoms with van der Waals surface area (Å²) in [5, 5.41) is 31.9. The average Bonchev–Trinajstić information content (AvgIpc) is 2.38. The van der Waals surface area contributed by atoms with Crippen molar-refractivity contribution in [1.29, 1.82) is 0 Å². The quantitative estimate of drug-likeness (QED) is 0.679. The molecule has 0 bridgehead atoms. The molecule has 1 fully saturated rings. The maximum absolute atomic E-state index is 12.3. The Balaban J connectivity index is 2.21. The van der Waals surface area contributed by atoms with Crippen molar-refractivity contribution in [2.75, 3.05) is 6.61 Å². The van der Waals surface area contributed by atoms with Crippen molar-refractivity contribution in [2.45, 2.75) is 38.1 Å². The first-order valence-corrected chi connectivity index (χ1v) is 6.92. The van der Waals surface area contributed by atoms with Gasteiger partial charge in [0.1, 0.15) is 17.1 Å². The summed E-state index contributed by atoms with van der Waals surface area (Å²) in [5.41, 5.74) is -0.803. The molecule has 110 valence electrons. The van der Waals surface area contributed by atoms with Gasteiger partial charge in [0, 0.05) is 0 Å². The zero-order valence-electron chi connectivity index (χ0n) is 11.6. The van der Waals surface area contributed by atoms with E-state index in [4.69, 9.17) is 0 Å². The van der Waals surface area contributed by atoms with Crippen LogP contribution in [0.2, 0.25) is 0 Å². The van der Waals surface area contributed by atoms with Crippen molar-refractivity contribution in [3.63, 3.8) is 0 Å². The molecule has 0 aromatic heterocycles. The summed E-state index contributed by atoms with van der Waals surface area (Å²) in [6.45, 7) is 1.95. The number of rotatable bonds is 3. The van der Waals surface area contributed by atoms with Gasteiger partial charge in [0.05, 0.1) is 12.1 Å². The molecule has 20 heavy (non-hydrogen) atoms. The summed E-state index contributed by atoms with van der Waals surface area (Å²) < 4.78 is 0. The van der Waals surface area contributed by atoms with Crippen molar-refractivity contribution in [2.24, 2.45) is 5.92 Å². The molecule has 2 rings (SSSR count). The Labute approximate surface area is 118 Å². The van der Waals surface area contributed by atoms with Gasteiger partial charge in [-0.1, -0.05) is 25.8 Å². The Morgan fingerprint density at radius 3 is 2.60 bits per heavy atom. The van der Waals surface area contributed by atoms with Crippen LogP contribution in [0.4, 0.5) is 0 Å². The fourth-order valence-electron chi connectivity index (χ4n) is 3.02. The van der Waals surface area contributed by atoms with E-state index in [9.17, 15) is 20.1 Å². The largest absolute Gasteiger partial charge is 0.507 e. The fourth-order valence-corrected chi connectivity index (χ4v) is 3.02. The molecule has 5 nitrogen and oxygen atoms in total. The van der Waals surface area contributed by atoms with Crippen LogP contribution in [0.1, 0.15) is 43.0 Å². The molecule has 0 radical (unpaired) electrons. The zero-order chi connectivity index (χ0) is 14.8. The Morgan fingerprint density at radius 2 is 2.05 bits per heavy atom. The number of phenolic OH excluding ortho intramolecular Hbond substituents is 2. The summed E-state index contributed by atoms with van der Waals surface area (Å²) in [7, 11) is 0. The van der Waals surface area contributed by atoms with Crippen LogP contribution in [0.3, 0.4) is 0 Å². The minimum absolute atomic E-state index is 0.140. The minimum Gasteiger partial charge on any atom is -0.507 e. The Hall–Kier alpha value is -1.75. The lowest BCUT2D eigenvalue weighted by Gasteiger charge is -2.39. The van der Waals surface area contributed by atoms with Gasteiger partial charge in [-0.2, -0.15) is 0 Å². The molecule has 2 atom stereocenters. The maximum Gasteiger partial charge on any atom is 0.259 e. The predicted octanol–water partition coefficient (Wildman–Crippen LogP) is 1.77. The van der Waals surface area contributed by atoms with Gasteiger partial charge in [0.15, 0.2) is 0 Å². The number of aliphatic hydroxyl groups is 1. The summed E-state index contributed by atoms with van der Waals surface area (Å²) in [5.74, 6) is -0.656. The molecule has 0 aliphatic heterocycles. The lowest BCUT2D eigenvalue weighted by atomic mass is 9.76. The van der Waals surface area contributed by atoms with Gasteiger partial charge >= 0.3 is 0 Å². The number of hydrogen-bond donors (Lipinski definition) is 4. The number of nitrogens with one attached hydrogen (secondary N) is 1. The predicted molar refractivity (Wildman–Crippen MR) is 74.7 cm³/mol. The highest BCUT2D eigenvalue weighted by molar-refractivity contribution is 5.99. The van der Waals surface area contributed by atoms with Crippen LogP contribution in [-0.4, -0.2) is 33.4 Å². The molecule has 0 saturated heterocycles. The van der Waals surface area contributed by atoms with Crippen LogP contribution in [0, 0.1) is 5.92 Å². The van der Waals surface area contributed by atoms with Crippen LogP contribution < -0.4 is 5.32 Å². The molecule has 1 aliphatic rings. The zero-order valence-corrected chi connectivity index (χ0v) is 11.6. The first kappa shape index (κ1) is 14.7. The number of aromatic hydroxyl groups is 2. The van der Waals surface area contributed by atoms with Crippen LogP contribution in [0.5, 0.6) is 11.5 Å². The lowest BCUT2D eigenvalue weighted by Crippen LogP contribution is -2.53. The number of phenols is 2. The number of benzene rings is 1. The monoisotopic (exact) mass is 279 g/mol. The summed E-state index contributed by atoms with van der Waals surface area (Å²) in [6.07, 6.45) is 3.42. The molecule has 1 aliphatic carbocycles. The highest BCUT2D eigenvalue weighted by atomic mass is 16.3. The second-order valence-electron chi connectivity index (χ2n) is 5.77. The van der Waals surface area contributed by atoms with E-state index in [1.807, 2.05) is 0 Å². The summed E-state index contributed by atoms with van der Waals surface area (Å²) in [6, 6.07) is 4.17. The Kier molecular flexibility index (Phi) is 4.18. The van der Waals surface area contributed by atoms with Crippen LogP contribution in [0.25, 0.3) is 0 Å². The second-order valence-corrected chi connectivity index (χ2v) is 5.77. The molecule has 2 unspecified atom stereocenters. The van der Waals surface area contributed by atoms with Gasteiger partial charge < -0.3 is 20.6 Å². The van der Waals surface area contributed by atoms with Crippen molar-refractivity contribution < 1.29 is 20.1 Å². The first-order chi connectivity index (χ1) is 9.47. The second kappa shape index (κ2) is 5.71. The number of carbonyl (C=O) groups excluding carboxylic acids is 1. The third-order valence-corrected chi connectivity index (χ3v) is 4.02. The SMILES string of the molecule is CC1CCCC(CO)(NC(=O)c2c(O)cccc2O)C1. The van der Waals surface area contributed by atoms with Crippen molar-refractivity contribution in [3.05, 3.63) is 23.8 Å². The van der Waals surface area contributed by atoms with Crippen molar-refractivity contribution >= 4 is 5.91 Å². The molecule has 1 saturated carbocycles. The van der Waals surface area contributed by atoms with Gasteiger partial charge in [-0.05, 0) is 30.9 Å². The topological polar surface area (TPSA) is 89.8 Å². The van der Waals surface area contributed by atoms with E-state index < -0.39 is 11.4 Å². The van der Waals surface area contributed by atoms with Gasteiger partial charge in [-0.3, -0.25) is 4.79 Å². The maximum atomic E-state index is 12.3. The average molecular weight is 279 g/mol. The molecule has 4 N–H and O–H groups in total. The molecule has 0 heterocycles. The van der Waals surface area contributed by atoms with E-state index in [1.165, 1.54) is 18.2 Å². The molecule has 0 spiro atoms. The Morgan fingerprint density at radius 1 is 1.40 bits per heavy atom. The van der Waals surface area contributed by atoms with E-state index in [1.54, 1.807) is 0 Å². The third kappa shape index (κ3) is 2.88. The normalized spacial score (nSPS) is 26.2. The summed E-state index contributed by atoms with van der Waals surface area (Å²) >= 11 is 0. The highest BCUT2D eigenvalue weighted by Gasteiger charge is 2.36. The third-order valence-electron chi connectivity index (χ3n) is 4.02. The fraction of sp³-hybridized carbons (Fsp3) is 0.533. The smallest absolute Gasteiger partial charge is 0.259 e. The summed E-state index contributed by atoms with van der Waals surface area (Å²) in [4.78, 5) is 12.3. The molecular weight excluding hydrogens is 258 g/mol. The van der Waals surface area contributed by atoms with E-state index in [-0.39, 0.29) is 23.7 Å². The van der Waals surface area contributed by atoms with E-state index >= 15 is 0 Å². The number of hydrogen-bond acceptors (Lipinski definition) is 4. The van der Waals surface area contributed by atoms with Gasteiger partial charge in [-0.25, -0.2) is 0 Å². The van der Waals surface area contributed by atoms with Crippen LogP contribution in [0.15, 0.2) is 18.2 Å². The van der Waals surface area contributed by atoms with E-state index in [2.05, 4.69) is 12.2 Å². The molecule has 1 aromatic rings. The molecular formula is C15H21NO4. The first-order valence-electron chi connectivity index (χ1n) is 6.92.